The van der Waals surface area contributed by atoms with Crippen molar-refractivity contribution in [2.24, 2.45) is 5.41 Å². The second-order valence-electron chi connectivity index (χ2n) is 4.64. The maximum atomic E-state index is 8.00. The molecule has 1 fully saturated rings. The van der Waals surface area contributed by atoms with Crippen LogP contribution in [-0.2, 0) is 14.3 Å². The third-order valence-electron chi connectivity index (χ3n) is 2.18. The van der Waals surface area contributed by atoms with Crippen LogP contribution in [0.2, 0.25) is 0 Å². The van der Waals surface area contributed by atoms with Crippen LogP contribution in [0.3, 0.4) is 0 Å². The Bertz CT molecular complexity index is 178. The van der Waals surface area contributed by atoms with Crippen LogP contribution in [-0.4, -0.2) is 25.8 Å². The molecule has 0 atom stereocenters. The topological polar surface area (TPSA) is 35.5 Å². The highest BCUT2D eigenvalue weighted by Gasteiger charge is 2.35. The monoisotopic (exact) mass is 230 g/mol. The molecule has 1 heterocycles. The van der Waals surface area contributed by atoms with Crippen LogP contribution in [0.4, 0.5) is 0 Å². The van der Waals surface area contributed by atoms with Gasteiger partial charge in [-0.05, 0) is 20.3 Å². The smallest absolute Gasteiger partial charge is 0.165 e. The van der Waals surface area contributed by atoms with Crippen LogP contribution >= 0.6 is 0 Å². The average Bonchev–Trinajstić information content (AvgIpc) is 2.27. The van der Waals surface area contributed by atoms with Gasteiger partial charge in [-0.15, -0.1) is 6.58 Å². The molecule has 0 aromatic rings. The van der Waals surface area contributed by atoms with Gasteiger partial charge in [0.2, 0.25) is 0 Å². The molecule has 0 unspecified atom stereocenters. The maximum absolute atomic E-state index is 8.00. The van der Waals surface area contributed by atoms with Gasteiger partial charge in [-0.25, -0.2) is 0 Å². The minimum atomic E-state index is -0.324. The van der Waals surface area contributed by atoms with Gasteiger partial charge in [0.25, 0.3) is 0 Å². The first-order valence-corrected chi connectivity index (χ1v) is 5.53. The van der Waals surface area contributed by atoms with Gasteiger partial charge in [0, 0.05) is 5.41 Å². The van der Waals surface area contributed by atoms with Gasteiger partial charge in [-0.1, -0.05) is 26.8 Å². The molecule has 0 spiro atoms. The zero-order valence-corrected chi connectivity index (χ0v) is 11.3. The maximum Gasteiger partial charge on any atom is 0.165 e. The van der Waals surface area contributed by atoms with E-state index >= 15 is 0 Å². The normalized spacial score (nSPS) is 20.6. The molecule has 1 aliphatic heterocycles. The Hall–Kier alpha value is -0.670. The molecule has 0 radical (unpaired) electrons. The van der Waals surface area contributed by atoms with E-state index < -0.39 is 0 Å². The Balaban J connectivity index is 0. The lowest BCUT2D eigenvalue weighted by Gasteiger charge is -2.40. The minimum absolute atomic E-state index is 0.189. The molecular formula is C13H26O3. The molecular weight excluding hydrogens is 204 g/mol. The van der Waals surface area contributed by atoms with Gasteiger partial charge < -0.3 is 14.3 Å². The molecule has 1 aliphatic rings. The molecule has 3 nitrogen and oxygen atoms in total. The number of carbonyl (C=O) groups is 1. The summed E-state index contributed by atoms with van der Waals surface area (Å²) in [5, 5.41) is 0. The van der Waals surface area contributed by atoms with Gasteiger partial charge in [0.05, 0.1) is 13.2 Å². The number of carbonyl (C=O) groups excluding carboxylic acids is 1. The molecule has 1 saturated heterocycles. The lowest BCUT2D eigenvalue weighted by molar-refractivity contribution is -0.290. The molecule has 0 bridgehead atoms. The molecule has 0 aromatic carbocycles. The van der Waals surface area contributed by atoms with Crippen molar-refractivity contribution in [3.63, 3.8) is 0 Å². The number of ether oxygens (including phenoxy) is 2. The Morgan fingerprint density at radius 1 is 1.19 bits per heavy atom. The molecule has 0 aliphatic carbocycles. The lowest BCUT2D eigenvalue weighted by atomic mass is 9.94. The second kappa shape index (κ2) is 8.48. The van der Waals surface area contributed by atoms with E-state index in [9.17, 15) is 0 Å². The van der Waals surface area contributed by atoms with E-state index in [4.69, 9.17) is 14.3 Å². The summed E-state index contributed by atoms with van der Waals surface area (Å²) in [5.74, 6) is -0.324. The first-order valence-electron chi connectivity index (χ1n) is 5.53. The predicted molar refractivity (Wildman–Crippen MR) is 67.4 cm³/mol. The molecule has 0 N–H and O–H groups in total. The summed E-state index contributed by atoms with van der Waals surface area (Å²) in [4.78, 5) is 8.00. The largest absolute Gasteiger partial charge is 0.350 e. The highest BCUT2D eigenvalue weighted by atomic mass is 16.7. The zero-order chi connectivity index (χ0) is 13.2. The third-order valence-corrected chi connectivity index (χ3v) is 2.18. The predicted octanol–water partition coefficient (Wildman–Crippen LogP) is 3.19. The Labute approximate surface area is 99.8 Å². The molecule has 1 rings (SSSR count). The van der Waals surface area contributed by atoms with Gasteiger partial charge in [-0.3, -0.25) is 0 Å². The van der Waals surface area contributed by atoms with E-state index in [-0.39, 0.29) is 11.2 Å². The average molecular weight is 230 g/mol. The molecule has 16 heavy (non-hydrogen) atoms. The molecule has 0 aromatic heterocycles. The number of allylic oxidation sites excluding steroid dienone is 1. The summed E-state index contributed by atoms with van der Waals surface area (Å²) < 4.78 is 11.2. The van der Waals surface area contributed by atoms with Crippen molar-refractivity contribution in [3.8, 4) is 0 Å². The van der Waals surface area contributed by atoms with Crippen molar-refractivity contribution < 1.29 is 14.3 Å². The Morgan fingerprint density at radius 2 is 1.50 bits per heavy atom. The van der Waals surface area contributed by atoms with Crippen LogP contribution < -0.4 is 0 Å². The zero-order valence-electron chi connectivity index (χ0n) is 11.3. The molecule has 0 amide bonds. The van der Waals surface area contributed by atoms with E-state index in [1.165, 1.54) is 0 Å². The van der Waals surface area contributed by atoms with Crippen molar-refractivity contribution in [2.75, 3.05) is 13.2 Å². The number of rotatable bonds is 1. The van der Waals surface area contributed by atoms with Crippen LogP contribution in [0.5, 0.6) is 0 Å². The van der Waals surface area contributed by atoms with Crippen LogP contribution in [0.1, 0.15) is 41.0 Å². The fourth-order valence-electron chi connectivity index (χ4n) is 0.984. The molecule has 0 saturated carbocycles. The SMILES string of the molecule is C=CC.C=O.CCC1(C)OCC(C)(C)CO1. The van der Waals surface area contributed by atoms with Crippen LogP contribution in [0, 0.1) is 5.41 Å². The van der Waals surface area contributed by atoms with Crippen LogP contribution in [0.25, 0.3) is 0 Å². The van der Waals surface area contributed by atoms with Crippen LogP contribution in [0.15, 0.2) is 12.7 Å². The summed E-state index contributed by atoms with van der Waals surface area (Å²) in [6.07, 6.45) is 2.67. The summed E-state index contributed by atoms with van der Waals surface area (Å²) in [7, 11) is 0. The second-order valence-corrected chi connectivity index (χ2v) is 4.64. The summed E-state index contributed by atoms with van der Waals surface area (Å²) >= 11 is 0. The third kappa shape index (κ3) is 7.60. The summed E-state index contributed by atoms with van der Waals surface area (Å²) in [6, 6.07) is 0. The van der Waals surface area contributed by atoms with E-state index in [2.05, 4.69) is 27.4 Å². The van der Waals surface area contributed by atoms with Crippen molar-refractivity contribution in [1.29, 1.82) is 0 Å². The van der Waals surface area contributed by atoms with Gasteiger partial charge in [0.1, 0.15) is 6.79 Å². The summed E-state index contributed by atoms with van der Waals surface area (Å²) in [5.41, 5.74) is 0.189. The summed E-state index contributed by atoms with van der Waals surface area (Å²) in [6.45, 7) is 17.2. The fraction of sp³-hybridized carbons (Fsp3) is 0.769. The van der Waals surface area contributed by atoms with Gasteiger partial charge in [0.15, 0.2) is 5.79 Å². The number of hydrogen-bond donors (Lipinski definition) is 0. The molecule has 96 valence electrons. The quantitative estimate of drug-likeness (QED) is 0.649. The lowest BCUT2D eigenvalue weighted by Crippen LogP contribution is -2.45. The minimum Gasteiger partial charge on any atom is -0.350 e. The van der Waals surface area contributed by atoms with E-state index in [0.717, 1.165) is 19.6 Å². The highest BCUT2D eigenvalue weighted by Crippen LogP contribution is 2.30. The van der Waals surface area contributed by atoms with Crippen molar-refractivity contribution in [1.82, 2.24) is 0 Å². The highest BCUT2D eigenvalue weighted by molar-refractivity contribution is 5.10. The van der Waals surface area contributed by atoms with Gasteiger partial charge in [-0.2, -0.15) is 0 Å². The van der Waals surface area contributed by atoms with Crippen molar-refractivity contribution in [2.45, 2.75) is 46.8 Å². The van der Waals surface area contributed by atoms with E-state index in [1.54, 1.807) is 6.08 Å². The molecule has 3 heteroatoms. The van der Waals surface area contributed by atoms with E-state index in [1.807, 2.05) is 20.6 Å². The Morgan fingerprint density at radius 3 is 1.75 bits per heavy atom. The van der Waals surface area contributed by atoms with Gasteiger partial charge >= 0.3 is 0 Å². The standard InChI is InChI=1S/C9H18O2.C3H6.CH2O/c1-5-9(4)10-6-8(2,3)7-11-9;1-3-2;1-2/h5-7H2,1-4H3;3H,1H2,2H3;1H2. The van der Waals surface area contributed by atoms with Crippen molar-refractivity contribution in [3.05, 3.63) is 12.7 Å². The first-order chi connectivity index (χ1) is 7.39. The Kier molecular flexibility index (Phi) is 9.39. The first kappa shape index (κ1) is 17.7. The number of hydrogen-bond acceptors (Lipinski definition) is 3. The van der Waals surface area contributed by atoms with E-state index in [0.29, 0.717) is 0 Å². The van der Waals surface area contributed by atoms with Crippen molar-refractivity contribution >= 4 is 6.79 Å². The fourth-order valence-corrected chi connectivity index (χ4v) is 0.984.